The number of carbonyl (C=O) groups is 2. The Bertz CT molecular complexity index is 582. The lowest BCUT2D eigenvalue weighted by Crippen LogP contribution is -2.01. The SMILES string of the molecule is O=C(O)Cc1ccc(CCc2ccc(CC(=O)O)cc2)cc1. The molecule has 0 aliphatic rings. The normalized spacial score (nSPS) is 10.4. The Morgan fingerprint density at radius 1 is 0.591 bits per heavy atom. The second kappa shape index (κ2) is 7.41. The number of benzene rings is 2. The van der Waals surface area contributed by atoms with Gasteiger partial charge in [-0.2, -0.15) is 0 Å². The van der Waals surface area contributed by atoms with Gasteiger partial charge in [-0.3, -0.25) is 9.59 Å². The van der Waals surface area contributed by atoms with Crippen LogP contribution in [-0.2, 0) is 35.3 Å². The molecule has 0 aliphatic carbocycles. The number of carboxylic acids is 2. The molecule has 2 aromatic rings. The summed E-state index contributed by atoms with van der Waals surface area (Å²) in [5, 5.41) is 17.5. The third-order valence-electron chi connectivity index (χ3n) is 3.46. The topological polar surface area (TPSA) is 74.6 Å². The molecule has 0 heterocycles. The molecule has 4 nitrogen and oxygen atoms in total. The summed E-state index contributed by atoms with van der Waals surface area (Å²) < 4.78 is 0. The summed E-state index contributed by atoms with van der Waals surface area (Å²) in [7, 11) is 0. The van der Waals surface area contributed by atoms with E-state index in [0.717, 1.165) is 35.1 Å². The molecule has 22 heavy (non-hydrogen) atoms. The van der Waals surface area contributed by atoms with Crippen molar-refractivity contribution in [3.8, 4) is 0 Å². The Kier molecular flexibility index (Phi) is 5.31. The third kappa shape index (κ3) is 5.05. The first-order chi connectivity index (χ1) is 10.5. The molecular formula is C18H18O4. The van der Waals surface area contributed by atoms with Gasteiger partial charge >= 0.3 is 11.9 Å². The summed E-state index contributed by atoms with van der Waals surface area (Å²) in [6.07, 6.45) is 1.83. The number of rotatable bonds is 7. The van der Waals surface area contributed by atoms with Crippen LogP contribution in [-0.4, -0.2) is 22.2 Å². The van der Waals surface area contributed by atoms with E-state index < -0.39 is 11.9 Å². The first kappa shape index (κ1) is 15.8. The van der Waals surface area contributed by atoms with Gasteiger partial charge in [-0.1, -0.05) is 48.5 Å². The minimum absolute atomic E-state index is 0.0469. The summed E-state index contributed by atoms with van der Waals surface area (Å²) in [5.41, 5.74) is 3.91. The summed E-state index contributed by atoms with van der Waals surface area (Å²) in [6.45, 7) is 0. The van der Waals surface area contributed by atoms with Gasteiger partial charge in [0, 0.05) is 0 Å². The molecule has 114 valence electrons. The predicted octanol–water partition coefficient (Wildman–Crippen LogP) is 2.73. The molecule has 0 spiro atoms. The van der Waals surface area contributed by atoms with Crippen molar-refractivity contribution in [3.63, 3.8) is 0 Å². The predicted molar refractivity (Wildman–Crippen MR) is 83.0 cm³/mol. The first-order valence-corrected chi connectivity index (χ1v) is 7.12. The Balaban J connectivity index is 1.89. The number of hydrogen-bond acceptors (Lipinski definition) is 2. The van der Waals surface area contributed by atoms with E-state index in [1.807, 2.05) is 48.5 Å². The molecular weight excluding hydrogens is 280 g/mol. The van der Waals surface area contributed by atoms with Crippen LogP contribution in [0.4, 0.5) is 0 Å². The van der Waals surface area contributed by atoms with Crippen LogP contribution in [0.5, 0.6) is 0 Å². The summed E-state index contributed by atoms with van der Waals surface area (Å²) in [6, 6.07) is 15.2. The molecule has 2 N–H and O–H groups in total. The molecule has 0 saturated carbocycles. The molecule has 0 unspecified atom stereocenters. The standard InChI is InChI=1S/C18H18O4/c19-17(20)11-15-7-3-13(4-8-15)1-2-14-5-9-16(10-6-14)12-18(21)22/h3-10H,1-2,11-12H2,(H,19,20)(H,21,22). The van der Waals surface area contributed by atoms with Gasteiger partial charge in [-0.05, 0) is 35.1 Å². The average Bonchev–Trinajstić information content (AvgIpc) is 2.47. The highest BCUT2D eigenvalue weighted by Crippen LogP contribution is 2.11. The fourth-order valence-corrected chi connectivity index (χ4v) is 2.29. The van der Waals surface area contributed by atoms with E-state index >= 15 is 0 Å². The van der Waals surface area contributed by atoms with E-state index in [4.69, 9.17) is 10.2 Å². The maximum absolute atomic E-state index is 10.6. The van der Waals surface area contributed by atoms with E-state index in [-0.39, 0.29) is 12.8 Å². The molecule has 0 aliphatic heterocycles. The lowest BCUT2D eigenvalue weighted by molar-refractivity contribution is -0.137. The highest BCUT2D eigenvalue weighted by molar-refractivity contribution is 5.70. The average molecular weight is 298 g/mol. The van der Waals surface area contributed by atoms with Crippen LogP contribution in [0.2, 0.25) is 0 Å². The highest BCUT2D eigenvalue weighted by Gasteiger charge is 2.02. The molecule has 0 aromatic heterocycles. The second-order valence-corrected chi connectivity index (χ2v) is 5.27. The summed E-state index contributed by atoms with van der Waals surface area (Å²) >= 11 is 0. The lowest BCUT2D eigenvalue weighted by Gasteiger charge is -2.05. The molecule has 0 amide bonds. The van der Waals surface area contributed by atoms with Gasteiger partial charge in [-0.25, -0.2) is 0 Å². The van der Waals surface area contributed by atoms with Crippen molar-refractivity contribution in [2.45, 2.75) is 25.7 Å². The smallest absolute Gasteiger partial charge is 0.307 e. The van der Waals surface area contributed by atoms with Crippen molar-refractivity contribution in [2.75, 3.05) is 0 Å². The van der Waals surface area contributed by atoms with Crippen molar-refractivity contribution in [1.29, 1.82) is 0 Å². The minimum Gasteiger partial charge on any atom is -0.481 e. The van der Waals surface area contributed by atoms with Crippen molar-refractivity contribution in [3.05, 3.63) is 70.8 Å². The van der Waals surface area contributed by atoms with Crippen molar-refractivity contribution >= 4 is 11.9 Å². The van der Waals surface area contributed by atoms with E-state index in [9.17, 15) is 9.59 Å². The lowest BCUT2D eigenvalue weighted by atomic mass is 10.0. The molecule has 0 atom stereocenters. The van der Waals surface area contributed by atoms with Crippen LogP contribution in [0.1, 0.15) is 22.3 Å². The van der Waals surface area contributed by atoms with Crippen LogP contribution in [0, 0.1) is 0 Å². The van der Waals surface area contributed by atoms with Gasteiger partial charge in [0.2, 0.25) is 0 Å². The van der Waals surface area contributed by atoms with Crippen LogP contribution >= 0.6 is 0 Å². The quantitative estimate of drug-likeness (QED) is 0.824. The number of aliphatic carboxylic acids is 2. The van der Waals surface area contributed by atoms with Crippen molar-refractivity contribution in [2.24, 2.45) is 0 Å². The van der Waals surface area contributed by atoms with Gasteiger partial charge in [0.05, 0.1) is 12.8 Å². The fraction of sp³-hybridized carbons (Fsp3) is 0.222. The van der Waals surface area contributed by atoms with Gasteiger partial charge in [0.15, 0.2) is 0 Å². The van der Waals surface area contributed by atoms with E-state index in [0.29, 0.717) is 0 Å². The van der Waals surface area contributed by atoms with Crippen LogP contribution in [0.25, 0.3) is 0 Å². The Hall–Kier alpha value is -2.62. The fourth-order valence-electron chi connectivity index (χ4n) is 2.29. The number of aryl methyl sites for hydroxylation is 2. The highest BCUT2D eigenvalue weighted by atomic mass is 16.4. The maximum atomic E-state index is 10.6. The largest absolute Gasteiger partial charge is 0.481 e. The maximum Gasteiger partial charge on any atom is 0.307 e. The number of carboxylic acid groups (broad SMARTS) is 2. The van der Waals surface area contributed by atoms with Crippen molar-refractivity contribution < 1.29 is 19.8 Å². The second-order valence-electron chi connectivity index (χ2n) is 5.27. The number of hydrogen-bond donors (Lipinski definition) is 2. The van der Waals surface area contributed by atoms with E-state index in [1.165, 1.54) is 0 Å². The molecule has 4 heteroatoms. The van der Waals surface area contributed by atoms with Crippen LogP contribution < -0.4 is 0 Å². The molecule has 2 rings (SSSR count). The minimum atomic E-state index is -0.825. The molecule has 0 radical (unpaired) electrons. The Morgan fingerprint density at radius 2 is 0.864 bits per heavy atom. The van der Waals surface area contributed by atoms with Gasteiger partial charge < -0.3 is 10.2 Å². The van der Waals surface area contributed by atoms with Crippen LogP contribution in [0.15, 0.2) is 48.5 Å². The van der Waals surface area contributed by atoms with Crippen LogP contribution in [0.3, 0.4) is 0 Å². The summed E-state index contributed by atoms with van der Waals surface area (Å²) in [4.78, 5) is 21.2. The molecule has 2 aromatic carbocycles. The third-order valence-corrected chi connectivity index (χ3v) is 3.46. The van der Waals surface area contributed by atoms with Gasteiger partial charge in [0.25, 0.3) is 0 Å². The Morgan fingerprint density at radius 3 is 1.14 bits per heavy atom. The monoisotopic (exact) mass is 298 g/mol. The zero-order valence-electron chi connectivity index (χ0n) is 12.2. The molecule has 0 saturated heterocycles. The molecule has 0 bridgehead atoms. The van der Waals surface area contributed by atoms with E-state index in [2.05, 4.69) is 0 Å². The summed E-state index contributed by atoms with van der Waals surface area (Å²) in [5.74, 6) is -1.65. The molecule has 0 fully saturated rings. The van der Waals surface area contributed by atoms with E-state index in [1.54, 1.807) is 0 Å². The van der Waals surface area contributed by atoms with Gasteiger partial charge in [-0.15, -0.1) is 0 Å². The Labute approximate surface area is 129 Å². The zero-order chi connectivity index (χ0) is 15.9. The van der Waals surface area contributed by atoms with Crippen molar-refractivity contribution in [1.82, 2.24) is 0 Å². The van der Waals surface area contributed by atoms with Gasteiger partial charge in [0.1, 0.15) is 0 Å². The first-order valence-electron chi connectivity index (χ1n) is 7.12. The zero-order valence-corrected chi connectivity index (χ0v) is 12.2.